The molecule has 2 amide bonds. The van der Waals surface area contributed by atoms with Crippen LogP contribution in [0.15, 0.2) is 18.2 Å². The number of ether oxygens (including phenoxy) is 1. The molecule has 1 unspecified atom stereocenters. The van der Waals surface area contributed by atoms with E-state index < -0.39 is 5.60 Å². The predicted octanol–water partition coefficient (Wildman–Crippen LogP) is 0.452. The van der Waals surface area contributed by atoms with Gasteiger partial charge >= 0.3 is 0 Å². The number of amides is 2. The van der Waals surface area contributed by atoms with Crippen molar-refractivity contribution in [3.05, 3.63) is 29.3 Å². The summed E-state index contributed by atoms with van der Waals surface area (Å²) in [4.78, 5) is 23.4. The third-order valence-electron chi connectivity index (χ3n) is 3.92. The lowest BCUT2D eigenvalue weighted by atomic mass is 9.99. The van der Waals surface area contributed by atoms with Crippen LogP contribution in [0.4, 0.5) is 5.69 Å². The van der Waals surface area contributed by atoms with E-state index >= 15 is 0 Å². The van der Waals surface area contributed by atoms with Crippen LogP contribution >= 0.6 is 0 Å². The second kappa shape index (κ2) is 5.46. The maximum absolute atomic E-state index is 12.1. The van der Waals surface area contributed by atoms with Crippen LogP contribution in [0.25, 0.3) is 0 Å². The summed E-state index contributed by atoms with van der Waals surface area (Å²) in [7, 11) is 0. The second-order valence-corrected chi connectivity index (χ2v) is 5.63. The minimum atomic E-state index is -0.960. The van der Waals surface area contributed by atoms with E-state index in [0.717, 1.165) is 11.3 Å². The fourth-order valence-corrected chi connectivity index (χ4v) is 2.61. The minimum absolute atomic E-state index is 0.00292. The molecule has 1 fully saturated rings. The lowest BCUT2D eigenvalue weighted by Gasteiger charge is -2.21. The molecule has 1 saturated heterocycles. The van der Waals surface area contributed by atoms with E-state index in [9.17, 15) is 14.7 Å². The molecule has 0 spiro atoms. The van der Waals surface area contributed by atoms with Gasteiger partial charge in [-0.25, -0.2) is 0 Å². The van der Waals surface area contributed by atoms with Gasteiger partial charge in [-0.2, -0.15) is 0 Å². The van der Waals surface area contributed by atoms with Gasteiger partial charge in [-0.1, -0.05) is 0 Å². The Hall–Kier alpha value is -1.92. The Morgan fingerprint density at radius 1 is 1.43 bits per heavy atom. The zero-order valence-corrected chi connectivity index (χ0v) is 11.6. The van der Waals surface area contributed by atoms with Gasteiger partial charge in [0.1, 0.15) is 5.60 Å². The number of benzene rings is 1. The largest absolute Gasteiger partial charge is 0.386 e. The molecule has 0 aromatic heterocycles. The van der Waals surface area contributed by atoms with Crippen molar-refractivity contribution in [3.63, 3.8) is 0 Å². The molecule has 1 atom stereocenters. The molecule has 21 heavy (non-hydrogen) atoms. The number of aryl methyl sites for hydroxylation is 1. The zero-order valence-electron chi connectivity index (χ0n) is 11.6. The molecule has 2 heterocycles. The highest BCUT2D eigenvalue weighted by molar-refractivity contribution is 5.97. The normalized spacial score (nSPS) is 24.3. The summed E-state index contributed by atoms with van der Waals surface area (Å²) in [6, 6.07) is 5.21. The molecule has 1 aromatic carbocycles. The van der Waals surface area contributed by atoms with Crippen molar-refractivity contribution in [1.29, 1.82) is 0 Å². The van der Waals surface area contributed by atoms with Crippen molar-refractivity contribution < 1.29 is 19.4 Å². The number of nitrogens with one attached hydrogen (secondary N) is 2. The monoisotopic (exact) mass is 290 g/mol. The van der Waals surface area contributed by atoms with E-state index in [1.165, 1.54) is 0 Å². The number of hydrogen-bond donors (Lipinski definition) is 3. The number of carbonyl (C=O) groups excluding carboxylic acids is 2. The fourth-order valence-electron chi connectivity index (χ4n) is 2.61. The Balaban J connectivity index is 1.66. The van der Waals surface area contributed by atoms with Gasteiger partial charge in [-0.05, 0) is 30.2 Å². The highest BCUT2D eigenvalue weighted by atomic mass is 16.5. The average molecular weight is 290 g/mol. The Bertz CT molecular complexity index is 579. The van der Waals surface area contributed by atoms with E-state index in [-0.39, 0.29) is 25.0 Å². The zero-order chi connectivity index (χ0) is 14.9. The van der Waals surface area contributed by atoms with Gasteiger partial charge in [0.05, 0.1) is 6.61 Å². The van der Waals surface area contributed by atoms with Gasteiger partial charge in [0.15, 0.2) is 0 Å². The van der Waals surface area contributed by atoms with Crippen molar-refractivity contribution in [1.82, 2.24) is 5.32 Å². The van der Waals surface area contributed by atoms with Crippen LogP contribution < -0.4 is 10.6 Å². The fraction of sp³-hybridized carbons (Fsp3) is 0.467. The lowest BCUT2D eigenvalue weighted by molar-refractivity contribution is -0.116. The van der Waals surface area contributed by atoms with Crippen LogP contribution in [0.1, 0.15) is 28.8 Å². The van der Waals surface area contributed by atoms with Gasteiger partial charge in [0, 0.05) is 37.2 Å². The van der Waals surface area contributed by atoms with Crippen LogP contribution in [0.5, 0.6) is 0 Å². The number of anilines is 1. The number of hydrogen-bond acceptors (Lipinski definition) is 4. The molecule has 0 radical (unpaired) electrons. The Kier molecular flexibility index (Phi) is 3.65. The molecule has 112 valence electrons. The molecule has 2 aliphatic rings. The van der Waals surface area contributed by atoms with Crippen LogP contribution in [-0.2, 0) is 16.0 Å². The van der Waals surface area contributed by atoms with E-state index in [4.69, 9.17) is 4.74 Å². The highest BCUT2D eigenvalue weighted by Gasteiger charge is 2.32. The number of aliphatic hydroxyl groups is 1. The van der Waals surface area contributed by atoms with E-state index in [1.54, 1.807) is 18.2 Å². The molecule has 6 heteroatoms. The molecule has 3 rings (SSSR count). The smallest absolute Gasteiger partial charge is 0.251 e. The Morgan fingerprint density at radius 2 is 2.29 bits per heavy atom. The first kappa shape index (κ1) is 14.0. The third-order valence-corrected chi connectivity index (χ3v) is 3.92. The van der Waals surface area contributed by atoms with Crippen LogP contribution in [-0.4, -0.2) is 42.3 Å². The van der Waals surface area contributed by atoms with Gasteiger partial charge in [0.2, 0.25) is 5.91 Å². The van der Waals surface area contributed by atoms with E-state index in [0.29, 0.717) is 31.4 Å². The number of rotatable bonds is 3. The Morgan fingerprint density at radius 3 is 3.05 bits per heavy atom. The van der Waals surface area contributed by atoms with Crippen LogP contribution in [0.3, 0.4) is 0 Å². The van der Waals surface area contributed by atoms with Crippen molar-refractivity contribution in [2.45, 2.75) is 24.9 Å². The molecule has 2 aliphatic heterocycles. The molecule has 6 nitrogen and oxygen atoms in total. The molecular formula is C15H18N2O4. The van der Waals surface area contributed by atoms with Crippen molar-refractivity contribution >= 4 is 17.5 Å². The van der Waals surface area contributed by atoms with Crippen molar-refractivity contribution in [2.24, 2.45) is 0 Å². The lowest BCUT2D eigenvalue weighted by Crippen LogP contribution is -2.43. The predicted molar refractivity (Wildman–Crippen MR) is 76.1 cm³/mol. The molecule has 0 bridgehead atoms. The molecule has 1 aromatic rings. The standard InChI is InChI=1S/C15H18N2O4/c18-13-4-2-10-7-11(1-3-12(10)17-13)14(19)16-8-15(20)5-6-21-9-15/h1,3,7,20H,2,4-6,8-9H2,(H,16,19)(H,17,18). The molecule has 0 saturated carbocycles. The third kappa shape index (κ3) is 3.06. The average Bonchev–Trinajstić information content (AvgIpc) is 2.91. The summed E-state index contributed by atoms with van der Waals surface area (Å²) < 4.78 is 5.14. The summed E-state index contributed by atoms with van der Waals surface area (Å²) in [5.41, 5.74) is 1.31. The van der Waals surface area contributed by atoms with Crippen molar-refractivity contribution in [3.8, 4) is 0 Å². The van der Waals surface area contributed by atoms with Crippen LogP contribution in [0.2, 0.25) is 0 Å². The van der Waals surface area contributed by atoms with Crippen LogP contribution in [0, 0.1) is 0 Å². The highest BCUT2D eigenvalue weighted by Crippen LogP contribution is 2.23. The van der Waals surface area contributed by atoms with E-state index in [2.05, 4.69) is 10.6 Å². The quantitative estimate of drug-likeness (QED) is 0.754. The molecular weight excluding hydrogens is 272 g/mol. The number of fused-ring (bicyclic) bond motifs is 1. The van der Waals surface area contributed by atoms with Gasteiger partial charge in [0.25, 0.3) is 5.91 Å². The second-order valence-electron chi connectivity index (χ2n) is 5.63. The SMILES string of the molecule is O=C1CCc2cc(C(=O)NCC3(O)CCOC3)ccc2N1. The first-order valence-corrected chi connectivity index (χ1v) is 7.07. The minimum Gasteiger partial charge on any atom is -0.386 e. The maximum atomic E-state index is 12.1. The van der Waals surface area contributed by atoms with Gasteiger partial charge < -0.3 is 20.5 Å². The first-order valence-electron chi connectivity index (χ1n) is 7.07. The summed E-state index contributed by atoms with van der Waals surface area (Å²) in [5.74, 6) is -0.224. The molecule has 3 N–H and O–H groups in total. The summed E-state index contributed by atoms with van der Waals surface area (Å²) in [5, 5.41) is 15.6. The number of carbonyl (C=O) groups is 2. The summed E-state index contributed by atoms with van der Waals surface area (Å²) in [6.45, 7) is 0.952. The van der Waals surface area contributed by atoms with E-state index in [1.807, 2.05) is 0 Å². The molecule has 0 aliphatic carbocycles. The topological polar surface area (TPSA) is 87.7 Å². The first-order chi connectivity index (χ1) is 10.1. The van der Waals surface area contributed by atoms with Gasteiger partial charge in [-0.3, -0.25) is 9.59 Å². The summed E-state index contributed by atoms with van der Waals surface area (Å²) >= 11 is 0. The summed E-state index contributed by atoms with van der Waals surface area (Å²) in [6.07, 6.45) is 1.61. The Labute approximate surface area is 122 Å². The van der Waals surface area contributed by atoms with Gasteiger partial charge in [-0.15, -0.1) is 0 Å². The van der Waals surface area contributed by atoms with Crippen molar-refractivity contribution in [2.75, 3.05) is 25.1 Å². The maximum Gasteiger partial charge on any atom is 0.251 e.